The summed E-state index contributed by atoms with van der Waals surface area (Å²) in [7, 11) is 0. The summed E-state index contributed by atoms with van der Waals surface area (Å²) >= 11 is 0. The Morgan fingerprint density at radius 2 is 2.08 bits per heavy atom. The highest BCUT2D eigenvalue weighted by molar-refractivity contribution is 5.94. The minimum absolute atomic E-state index is 0.149. The number of benzene rings is 1. The number of nitrogens with zero attached hydrogens (tertiary/aromatic N) is 1. The van der Waals surface area contributed by atoms with Gasteiger partial charge in [-0.25, -0.2) is 4.79 Å². The molecule has 0 aliphatic carbocycles. The molecule has 24 heavy (non-hydrogen) atoms. The van der Waals surface area contributed by atoms with Gasteiger partial charge in [0.2, 0.25) is 5.91 Å². The third-order valence-corrected chi connectivity index (χ3v) is 4.22. The molecule has 3 amide bonds. The van der Waals surface area contributed by atoms with E-state index in [1.165, 1.54) is 0 Å². The number of amides is 3. The number of aryl methyl sites for hydroxylation is 1. The zero-order chi connectivity index (χ0) is 16.9. The minimum atomic E-state index is -0.441. The van der Waals surface area contributed by atoms with Gasteiger partial charge in [0.1, 0.15) is 11.8 Å². The number of anilines is 1. The largest absolute Gasteiger partial charge is 0.467 e. The van der Waals surface area contributed by atoms with E-state index in [-0.39, 0.29) is 11.9 Å². The Bertz CT molecular complexity index is 712. The number of nitrogens with one attached hydrogen (secondary N) is 2. The molecule has 1 aromatic carbocycles. The molecule has 0 radical (unpaired) electrons. The number of para-hydroxylation sites is 1. The number of carbonyl (C=O) groups is 2. The molecule has 2 aromatic rings. The Morgan fingerprint density at radius 3 is 2.83 bits per heavy atom. The van der Waals surface area contributed by atoms with Crippen molar-refractivity contribution in [3.8, 4) is 0 Å². The fourth-order valence-electron chi connectivity index (χ4n) is 2.89. The molecule has 3 rings (SSSR count). The van der Waals surface area contributed by atoms with Crippen molar-refractivity contribution in [1.82, 2.24) is 10.2 Å². The van der Waals surface area contributed by atoms with E-state index in [4.69, 9.17) is 4.42 Å². The van der Waals surface area contributed by atoms with Crippen molar-refractivity contribution < 1.29 is 14.0 Å². The number of likely N-dealkylation sites (tertiary alicyclic amines) is 1. The SMILES string of the molecule is Cc1ccccc1NC(=O)N1CCC[C@H]1C(=O)NCc1ccco1. The molecule has 0 spiro atoms. The second kappa shape index (κ2) is 7.21. The van der Waals surface area contributed by atoms with Crippen molar-refractivity contribution >= 4 is 17.6 Å². The maximum Gasteiger partial charge on any atom is 0.322 e. The Morgan fingerprint density at radius 1 is 1.25 bits per heavy atom. The van der Waals surface area contributed by atoms with Gasteiger partial charge in [-0.2, -0.15) is 0 Å². The van der Waals surface area contributed by atoms with Gasteiger partial charge in [0.25, 0.3) is 0 Å². The van der Waals surface area contributed by atoms with Gasteiger partial charge in [0, 0.05) is 12.2 Å². The molecule has 0 unspecified atom stereocenters. The number of rotatable bonds is 4. The number of hydrogen-bond acceptors (Lipinski definition) is 3. The standard InChI is InChI=1S/C18H21N3O3/c1-13-6-2-3-8-15(13)20-18(23)21-10-4-9-16(21)17(22)19-12-14-7-5-11-24-14/h2-3,5-8,11,16H,4,9-10,12H2,1H3,(H,19,22)(H,20,23)/t16-/m0/s1. The summed E-state index contributed by atoms with van der Waals surface area (Å²) in [5.41, 5.74) is 1.76. The van der Waals surface area contributed by atoms with Crippen molar-refractivity contribution in [2.45, 2.75) is 32.4 Å². The highest BCUT2D eigenvalue weighted by Gasteiger charge is 2.34. The van der Waals surface area contributed by atoms with Crippen LogP contribution in [0.5, 0.6) is 0 Å². The Hall–Kier alpha value is -2.76. The fourth-order valence-corrected chi connectivity index (χ4v) is 2.89. The van der Waals surface area contributed by atoms with E-state index in [2.05, 4.69) is 10.6 Å². The first-order valence-corrected chi connectivity index (χ1v) is 8.08. The van der Waals surface area contributed by atoms with Gasteiger partial charge in [-0.3, -0.25) is 4.79 Å². The Kier molecular flexibility index (Phi) is 4.84. The van der Waals surface area contributed by atoms with Crippen LogP contribution in [0.3, 0.4) is 0 Å². The van der Waals surface area contributed by atoms with E-state index in [0.717, 1.165) is 17.7 Å². The van der Waals surface area contributed by atoms with Crippen LogP contribution >= 0.6 is 0 Å². The zero-order valence-corrected chi connectivity index (χ0v) is 13.6. The molecule has 0 saturated carbocycles. The van der Waals surface area contributed by atoms with Crippen molar-refractivity contribution in [3.63, 3.8) is 0 Å². The van der Waals surface area contributed by atoms with Gasteiger partial charge in [0.15, 0.2) is 0 Å². The third-order valence-electron chi connectivity index (χ3n) is 4.22. The predicted molar refractivity (Wildman–Crippen MR) is 90.5 cm³/mol. The van der Waals surface area contributed by atoms with Crippen LogP contribution < -0.4 is 10.6 Å². The lowest BCUT2D eigenvalue weighted by molar-refractivity contribution is -0.124. The van der Waals surface area contributed by atoms with Crippen LogP contribution in [0.25, 0.3) is 0 Å². The fraction of sp³-hybridized carbons (Fsp3) is 0.333. The molecule has 1 saturated heterocycles. The molecule has 1 atom stereocenters. The zero-order valence-electron chi connectivity index (χ0n) is 13.6. The summed E-state index contributed by atoms with van der Waals surface area (Å²) in [5, 5.41) is 5.73. The van der Waals surface area contributed by atoms with Crippen LogP contribution in [0.15, 0.2) is 47.1 Å². The van der Waals surface area contributed by atoms with Gasteiger partial charge in [-0.1, -0.05) is 18.2 Å². The van der Waals surface area contributed by atoms with Gasteiger partial charge < -0.3 is 20.0 Å². The maximum atomic E-state index is 12.5. The van der Waals surface area contributed by atoms with E-state index in [9.17, 15) is 9.59 Å². The maximum absolute atomic E-state index is 12.5. The molecule has 2 heterocycles. The molecule has 0 bridgehead atoms. The topological polar surface area (TPSA) is 74.6 Å². The summed E-state index contributed by atoms with van der Waals surface area (Å²) in [4.78, 5) is 26.5. The average Bonchev–Trinajstić information content (AvgIpc) is 3.26. The average molecular weight is 327 g/mol. The van der Waals surface area contributed by atoms with E-state index >= 15 is 0 Å². The normalized spacial score (nSPS) is 16.9. The first-order valence-electron chi connectivity index (χ1n) is 8.08. The van der Waals surface area contributed by atoms with Crippen LogP contribution in [0, 0.1) is 6.92 Å². The molecule has 6 heteroatoms. The van der Waals surface area contributed by atoms with E-state index in [0.29, 0.717) is 25.3 Å². The highest BCUT2D eigenvalue weighted by Crippen LogP contribution is 2.20. The third kappa shape index (κ3) is 3.59. The lowest BCUT2D eigenvalue weighted by atomic mass is 10.2. The van der Waals surface area contributed by atoms with Crippen LogP contribution in [0.4, 0.5) is 10.5 Å². The predicted octanol–water partition coefficient (Wildman–Crippen LogP) is 2.90. The highest BCUT2D eigenvalue weighted by atomic mass is 16.3. The van der Waals surface area contributed by atoms with Crippen molar-refractivity contribution in [2.75, 3.05) is 11.9 Å². The van der Waals surface area contributed by atoms with E-state index < -0.39 is 6.04 Å². The summed E-state index contributed by atoms with van der Waals surface area (Å²) in [6.45, 7) is 2.85. The number of hydrogen-bond donors (Lipinski definition) is 2. The summed E-state index contributed by atoms with van der Waals surface area (Å²) in [6.07, 6.45) is 3.06. The molecule has 1 aliphatic heterocycles. The Balaban J connectivity index is 1.61. The number of carbonyl (C=O) groups excluding carboxylic acids is 2. The van der Waals surface area contributed by atoms with Gasteiger partial charge >= 0.3 is 6.03 Å². The molecular formula is C18H21N3O3. The first-order chi connectivity index (χ1) is 11.6. The minimum Gasteiger partial charge on any atom is -0.467 e. The van der Waals surface area contributed by atoms with Crippen molar-refractivity contribution in [3.05, 3.63) is 54.0 Å². The smallest absolute Gasteiger partial charge is 0.322 e. The van der Waals surface area contributed by atoms with Crippen LogP contribution in [0.1, 0.15) is 24.2 Å². The molecule has 1 fully saturated rings. The van der Waals surface area contributed by atoms with E-state index in [1.54, 1.807) is 23.3 Å². The van der Waals surface area contributed by atoms with Gasteiger partial charge in [-0.05, 0) is 43.5 Å². The molecular weight excluding hydrogens is 306 g/mol. The molecule has 1 aromatic heterocycles. The van der Waals surface area contributed by atoms with Crippen LogP contribution in [0.2, 0.25) is 0 Å². The van der Waals surface area contributed by atoms with Gasteiger partial charge in [-0.15, -0.1) is 0 Å². The molecule has 1 aliphatic rings. The number of furan rings is 1. The molecule has 2 N–H and O–H groups in total. The lowest BCUT2D eigenvalue weighted by Gasteiger charge is -2.24. The van der Waals surface area contributed by atoms with Gasteiger partial charge in [0.05, 0.1) is 12.8 Å². The van der Waals surface area contributed by atoms with Crippen molar-refractivity contribution in [1.29, 1.82) is 0 Å². The monoisotopic (exact) mass is 327 g/mol. The summed E-state index contributed by atoms with van der Waals surface area (Å²) in [5.74, 6) is 0.543. The van der Waals surface area contributed by atoms with Crippen LogP contribution in [-0.4, -0.2) is 29.4 Å². The second-order valence-corrected chi connectivity index (χ2v) is 5.89. The molecule has 6 nitrogen and oxygen atoms in total. The Labute approximate surface area is 140 Å². The number of urea groups is 1. The van der Waals surface area contributed by atoms with Crippen molar-refractivity contribution in [2.24, 2.45) is 0 Å². The van der Waals surface area contributed by atoms with Crippen LogP contribution in [-0.2, 0) is 11.3 Å². The summed E-state index contributed by atoms with van der Waals surface area (Å²) in [6, 6.07) is 10.5. The first kappa shape index (κ1) is 16.1. The quantitative estimate of drug-likeness (QED) is 0.907. The molecule has 126 valence electrons. The lowest BCUT2D eigenvalue weighted by Crippen LogP contribution is -2.47. The summed E-state index contributed by atoms with van der Waals surface area (Å²) < 4.78 is 5.21. The second-order valence-electron chi connectivity index (χ2n) is 5.89. The van der Waals surface area contributed by atoms with E-state index in [1.807, 2.05) is 31.2 Å².